The van der Waals surface area contributed by atoms with Crippen LogP contribution in [0.2, 0.25) is 0 Å². The van der Waals surface area contributed by atoms with Gasteiger partial charge in [-0.25, -0.2) is 8.42 Å². The summed E-state index contributed by atoms with van der Waals surface area (Å²) in [5.74, 6) is 1.49. The van der Waals surface area contributed by atoms with Crippen LogP contribution in [0.1, 0.15) is 12.8 Å². The van der Waals surface area contributed by atoms with Gasteiger partial charge in [-0.05, 0) is 18.8 Å². The second-order valence-corrected chi connectivity index (χ2v) is 5.82. The Morgan fingerprint density at radius 3 is 2.08 bits per heavy atom. The van der Waals surface area contributed by atoms with Crippen molar-refractivity contribution in [3.05, 3.63) is 0 Å². The fourth-order valence-corrected chi connectivity index (χ4v) is 2.16. The van der Waals surface area contributed by atoms with Gasteiger partial charge in [0, 0.05) is 23.8 Å². The highest BCUT2D eigenvalue weighted by atomic mass is 35.5. The smallest absolute Gasteiger partial charge is 0.147 e. The van der Waals surface area contributed by atoms with Crippen LogP contribution in [0.5, 0.6) is 0 Å². The van der Waals surface area contributed by atoms with Crippen LogP contribution in [0.25, 0.3) is 0 Å². The van der Waals surface area contributed by atoms with E-state index in [1.54, 1.807) is 0 Å². The largest absolute Gasteiger partial charge is 0.229 e. The maximum Gasteiger partial charge on any atom is 0.147 e. The highest BCUT2D eigenvalue weighted by molar-refractivity contribution is 7.90. The van der Waals surface area contributed by atoms with E-state index in [0.29, 0.717) is 18.2 Å². The molecule has 12 heavy (non-hydrogen) atoms. The van der Waals surface area contributed by atoms with Crippen molar-refractivity contribution in [2.75, 3.05) is 23.8 Å². The van der Waals surface area contributed by atoms with Crippen LogP contribution in [0.3, 0.4) is 0 Å². The number of sulfone groups is 1. The van der Waals surface area contributed by atoms with Crippen LogP contribution in [0.4, 0.5) is 0 Å². The third kappa shape index (κ3) is 7.19. The summed E-state index contributed by atoms with van der Waals surface area (Å²) >= 11 is 11.2. The average Bonchev–Trinajstić information content (AvgIpc) is 1.96. The van der Waals surface area contributed by atoms with E-state index < -0.39 is 9.84 Å². The van der Waals surface area contributed by atoms with Gasteiger partial charge >= 0.3 is 0 Å². The molecule has 0 spiro atoms. The van der Waals surface area contributed by atoms with Crippen molar-refractivity contribution in [3.8, 4) is 0 Å². The minimum atomic E-state index is -2.82. The molecule has 0 aromatic heterocycles. The van der Waals surface area contributed by atoms with E-state index in [9.17, 15) is 8.42 Å². The molecule has 0 saturated carbocycles. The number of rotatable bonds is 6. The predicted octanol–water partition coefficient (Wildman–Crippen LogP) is 1.91. The highest BCUT2D eigenvalue weighted by Gasteiger charge is 2.07. The minimum Gasteiger partial charge on any atom is -0.229 e. The zero-order valence-electron chi connectivity index (χ0n) is 7.09. The molecule has 74 valence electrons. The van der Waals surface area contributed by atoms with Gasteiger partial charge in [0.2, 0.25) is 0 Å². The molecule has 0 bridgehead atoms. The number of alkyl halides is 2. The fraction of sp³-hybridized carbons (Fsp3) is 1.00. The predicted molar refractivity (Wildman–Crippen MR) is 53.9 cm³/mol. The molecule has 0 atom stereocenters. The van der Waals surface area contributed by atoms with Gasteiger partial charge in [-0.15, -0.1) is 23.2 Å². The Morgan fingerprint density at radius 2 is 1.75 bits per heavy atom. The van der Waals surface area contributed by atoms with Gasteiger partial charge in [0.05, 0.1) is 0 Å². The lowest BCUT2D eigenvalue weighted by atomic mass is 10.1. The summed E-state index contributed by atoms with van der Waals surface area (Å²) in [5.41, 5.74) is 0. The molecule has 0 rings (SSSR count). The first-order valence-corrected chi connectivity index (χ1v) is 6.92. The molecule has 0 radical (unpaired) electrons. The van der Waals surface area contributed by atoms with Gasteiger partial charge in [-0.1, -0.05) is 0 Å². The van der Waals surface area contributed by atoms with Gasteiger partial charge in [-0.3, -0.25) is 0 Å². The van der Waals surface area contributed by atoms with Crippen molar-refractivity contribution < 1.29 is 8.42 Å². The normalized spacial score (nSPS) is 12.3. The molecular weight excluding hydrogens is 219 g/mol. The zero-order chi connectivity index (χ0) is 9.61. The minimum absolute atomic E-state index is 0.233. The van der Waals surface area contributed by atoms with Crippen LogP contribution in [-0.4, -0.2) is 32.2 Å². The molecule has 2 nitrogen and oxygen atoms in total. The zero-order valence-corrected chi connectivity index (χ0v) is 9.42. The number of hydrogen-bond acceptors (Lipinski definition) is 2. The van der Waals surface area contributed by atoms with Crippen LogP contribution in [0.15, 0.2) is 0 Å². The van der Waals surface area contributed by atoms with Crippen molar-refractivity contribution in [3.63, 3.8) is 0 Å². The van der Waals surface area contributed by atoms with Crippen LogP contribution >= 0.6 is 23.2 Å². The summed E-state index contributed by atoms with van der Waals surface area (Å²) in [7, 11) is -2.82. The maximum absolute atomic E-state index is 10.7. The van der Waals surface area contributed by atoms with Crippen molar-refractivity contribution >= 4 is 33.0 Å². The summed E-state index contributed by atoms with van der Waals surface area (Å²) in [4.78, 5) is 0. The van der Waals surface area contributed by atoms with E-state index >= 15 is 0 Å². The average molecular weight is 233 g/mol. The molecule has 0 aromatic rings. The van der Waals surface area contributed by atoms with Crippen molar-refractivity contribution in [2.45, 2.75) is 12.8 Å². The van der Waals surface area contributed by atoms with E-state index in [1.165, 1.54) is 6.26 Å². The van der Waals surface area contributed by atoms with Gasteiger partial charge in [0.1, 0.15) is 9.84 Å². The molecular formula is C7H14Cl2O2S. The molecule has 0 amide bonds. The number of hydrogen-bond donors (Lipinski definition) is 0. The lowest BCUT2D eigenvalue weighted by molar-refractivity contribution is 0.569. The van der Waals surface area contributed by atoms with E-state index in [2.05, 4.69) is 0 Å². The molecule has 0 unspecified atom stereocenters. The lowest BCUT2D eigenvalue weighted by Crippen LogP contribution is -2.08. The summed E-state index contributed by atoms with van der Waals surface area (Å²) in [6.07, 6.45) is 2.69. The quantitative estimate of drug-likeness (QED) is 0.656. The van der Waals surface area contributed by atoms with Gasteiger partial charge < -0.3 is 0 Å². The molecule has 0 aliphatic heterocycles. The monoisotopic (exact) mass is 232 g/mol. The van der Waals surface area contributed by atoms with E-state index in [1.807, 2.05) is 0 Å². The number of halogens is 2. The van der Waals surface area contributed by atoms with Gasteiger partial charge in [0.25, 0.3) is 0 Å². The fourth-order valence-electron chi connectivity index (χ4n) is 0.830. The summed E-state index contributed by atoms with van der Waals surface area (Å²) < 4.78 is 21.4. The third-order valence-electron chi connectivity index (χ3n) is 1.56. The van der Waals surface area contributed by atoms with Crippen LogP contribution in [-0.2, 0) is 9.84 Å². The summed E-state index contributed by atoms with van der Waals surface area (Å²) in [6.45, 7) is 0. The van der Waals surface area contributed by atoms with Crippen molar-refractivity contribution in [1.29, 1.82) is 0 Å². The molecule has 0 aliphatic carbocycles. The standard InChI is InChI=1S/C7H14Cl2O2S/c1-12(10,11)4-2-3-7(5-8)6-9/h7H,2-6H2,1H3. The molecule has 5 heteroatoms. The Hall–Kier alpha value is 0.530. The van der Waals surface area contributed by atoms with Gasteiger partial charge in [-0.2, -0.15) is 0 Å². The first-order valence-electron chi connectivity index (χ1n) is 3.79. The van der Waals surface area contributed by atoms with Crippen molar-refractivity contribution in [2.24, 2.45) is 5.92 Å². The molecule has 0 aliphatic rings. The molecule has 0 fully saturated rings. The molecule has 0 N–H and O–H groups in total. The highest BCUT2D eigenvalue weighted by Crippen LogP contribution is 2.11. The van der Waals surface area contributed by atoms with E-state index in [4.69, 9.17) is 23.2 Å². The summed E-state index contributed by atoms with van der Waals surface area (Å²) in [6, 6.07) is 0. The topological polar surface area (TPSA) is 34.1 Å². The SMILES string of the molecule is CS(=O)(=O)CCCC(CCl)CCl. The van der Waals surface area contributed by atoms with E-state index in [0.717, 1.165) is 6.42 Å². The van der Waals surface area contributed by atoms with Crippen LogP contribution < -0.4 is 0 Å². The Labute approximate surface area is 84.2 Å². The Morgan fingerprint density at radius 1 is 1.25 bits per heavy atom. The van der Waals surface area contributed by atoms with Crippen LogP contribution in [0, 0.1) is 5.92 Å². The van der Waals surface area contributed by atoms with E-state index in [-0.39, 0.29) is 11.7 Å². The first kappa shape index (κ1) is 12.5. The first-order chi connectivity index (χ1) is 5.49. The molecule has 0 heterocycles. The second-order valence-electron chi connectivity index (χ2n) is 2.95. The Kier molecular flexibility index (Phi) is 6.32. The Bertz CT molecular complexity index is 197. The summed E-state index contributed by atoms with van der Waals surface area (Å²) in [5, 5.41) is 0. The Balaban J connectivity index is 3.55. The second kappa shape index (κ2) is 6.06. The molecule has 0 aromatic carbocycles. The van der Waals surface area contributed by atoms with Gasteiger partial charge in [0.15, 0.2) is 0 Å². The van der Waals surface area contributed by atoms with Crippen molar-refractivity contribution in [1.82, 2.24) is 0 Å². The maximum atomic E-state index is 10.7. The third-order valence-corrected chi connectivity index (χ3v) is 3.47. The lowest BCUT2D eigenvalue weighted by Gasteiger charge is -2.08. The molecule has 0 saturated heterocycles.